The Labute approximate surface area is 143 Å². The van der Waals surface area contributed by atoms with E-state index in [2.05, 4.69) is 9.73 Å². The first-order valence-corrected chi connectivity index (χ1v) is 7.31. The summed E-state index contributed by atoms with van der Waals surface area (Å²) < 4.78 is 9.82. The van der Waals surface area contributed by atoms with Crippen molar-refractivity contribution in [2.45, 2.75) is 31.5 Å². The Morgan fingerprint density at radius 3 is 2.28 bits per heavy atom. The predicted molar refractivity (Wildman–Crippen MR) is 84.2 cm³/mol. The molecule has 0 spiro atoms. The molecule has 142 valence electrons. The number of carbonyl (C=O) groups excluding carboxylic acids is 2. The first-order chi connectivity index (χ1) is 11.7. The zero-order chi connectivity index (χ0) is 19.3. The SMILES string of the molecule is CCOC(=O)/C(N)=C(\N)C(=NC)C(=O)N(N)C1OC(CO)C(O)C1O. The fourth-order valence-electron chi connectivity index (χ4n) is 2.13. The summed E-state index contributed by atoms with van der Waals surface area (Å²) in [4.78, 5) is 27.7. The van der Waals surface area contributed by atoms with E-state index in [1.807, 2.05) is 0 Å². The summed E-state index contributed by atoms with van der Waals surface area (Å²) in [5.74, 6) is 3.67. The van der Waals surface area contributed by atoms with Crippen LogP contribution in [0.4, 0.5) is 0 Å². The van der Waals surface area contributed by atoms with Gasteiger partial charge >= 0.3 is 5.97 Å². The molecule has 0 aromatic carbocycles. The van der Waals surface area contributed by atoms with E-state index in [9.17, 15) is 19.8 Å². The lowest BCUT2D eigenvalue weighted by molar-refractivity contribution is -0.146. The van der Waals surface area contributed by atoms with Gasteiger partial charge in [0.2, 0.25) is 0 Å². The summed E-state index contributed by atoms with van der Waals surface area (Å²) in [5.41, 5.74) is 9.76. The average Bonchev–Trinajstić information content (AvgIpc) is 2.88. The monoisotopic (exact) mass is 361 g/mol. The van der Waals surface area contributed by atoms with Crippen LogP contribution in [-0.4, -0.2) is 82.7 Å². The Bertz CT molecular complexity index is 579. The van der Waals surface area contributed by atoms with Crippen molar-refractivity contribution in [3.63, 3.8) is 0 Å². The van der Waals surface area contributed by atoms with Crippen molar-refractivity contribution < 1.29 is 34.4 Å². The number of aliphatic hydroxyl groups excluding tert-OH is 3. The van der Waals surface area contributed by atoms with Gasteiger partial charge in [-0.3, -0.25) is 9.79 Å². The van der Waals surface area contributed by atoms with Crippen LogP contribution in [0.3, 0.4) is 0 Å². The van der Waals surface area contributed by atoms with Crippen LogP contribution in [0.5, 0.6) is 0 Å². The minimum atomic E-state index is -1.57. The third-order valence-electron chi connectivity index (χ3n) is 3.49. The van der Waals surface area contributed by atoms with Crippen LogP contribution < -0.4 is 17.3 Å². The highest BCUT2D eigenvalue weighted by Gasteiger charge is 2.46. The first-order valence-electron chi connectivity index (χ1n) is 7.31. The van der Waals surface area contributed by atoms with Crippen molar-refractivity contribution in [3.05, 3.63) is 11.4 Å². The Morgan fingerprint density at radius 2 is 1.84 bits per heavy atom. The van der Waals surface area contributed by atoms with Crippen molar-refractivity contribution in [1.29, 1.82) is 0 Å². The van der Waals surface area contributed by atoms with Crippen LogP contribution in [0.2, 0.25) is 0 Å². The number of aliphatic imine (C=N–C) groups is 1. The standard InChI is InChI=1S/C13H23N5O7/c1-3-24-13(23)7(15)6(14)8(17-2)11(22)18(16)12-10(21)9(20)5(4-19)25-12/h5,9-10,12,19-21H,3-4,14-16H2,1-2H3/b7-6+,17-8?. The summed E-state index contributed by atoms with van der Waals surface area (Å²) in [5, 5.41) is 29.1. The van der Waals surface area contributed by atoms with Gasteiger partial charge in [0.1, 0.15) is 29.7 Å². The normalized spacial score (nSPS) is 27.7. The van der Waals surface area contributed by atoms with E-state index in [-0.39, 0.29) is 6.61 Å². The maximum absolute atomic E-state index is 12.4. The molecular formula is C13H23N5O7. The fraction of sp³-hybridized carbons (Fsp3) is 0.615. The van der Waals surface area contributed by atoms with E-state index in [4.69, 9.17) is 27.2 Å². The number of rotatable bonds is 6. The third-order valence-corrected chi connectivity index (χ3v) is 3.49. The number of ether oxygens (including phenoxy) is 2. The molecule has 0 aromatic heterocycles. The topological polar surface area (TPSA) is 207 Å². The number of aliphatic hydroxyl groups is 3. The van der Waals surface area contributed by atoms with Gasteiger partial charge in [-0.2, -0.15) is 0 Å². The fourth-order valence-corrected chi connectivity index (χ4v) is 2.13. The molecule has 1 saturated heterocycles. The molecule has 0 aliphatic carbocycles. The lowest BCUT2D eigenvalue weighted by atomic mass is 10.1. The first kappa shape index (κ1) is 20.8. The van der Waals surface area contributed by atoms with Gasteiger partial charge in [-0.25, -0.2) is 15.6 Å². The van der Waals surface area contributed by atoms with E-state index in [0.29, 0.717) is 5.01 Å². The van der Waals surface area contributed by atoms with Gasteiger partial charge in [-0.15, -0.1) is 0 Å². The van der Waals surface area contributed by atoms with Crippen LogP contribution in [0, 0.1) is 0 Å². The molecule has 0 aromatic rings. The smallest absolute Gasteiger partial charge is 0.356 e. The number of carbonyl (C=O) groups is 2. The van der Waals surface area contributed by atoms with Gasteiger partial charge in [0.15, 0.2) is 6.23 Å². The van der Waals surface area contributed by atoms with Gasteiger partial charge in [0, 0.05) is 7.05 Å². The lowest BCUT2D eigenvalue weighted by Crippen LogP contribution is -2.54. The maximum Gasteiger partial charge on any atom is 0.356 e. The summed E-state index contributed by atoms with van der Waals surface area (Å²) >= 11 is 0. The molecule has 25 heavy (non-hydrogen) atoms. The molecule has 4 atom stereocenters. The molecule has 4 unspecified atom stereocenters. The van der Waals surface area contributed by atoms with Crippen molar-refractivity contribution in [2.75, 3.05) is 20.3 Å². The van der Waals surface area contributed by atoms with Gasteiger partial charge in [0.25, 0.3) is 5.91 Å². The molecule has 12 heteroatoms. The predicted octanol–water partition coefficient (Wildman–Crippen LogP) is -4.11. The third kappa shape index (κ3) is 4.24. The molecule has 1 aliphatic rings. The Kier molecular flexibility index (Phi) is 7.26. The van der Waals surface area contributed by atoms with Gasteiger partial charge in [-0.05, 0) is 6.92 Å². The molecule has 1 fully saturated rings. The summed E-state index contributed by atoms with van der Waals surface area (Å²) in [6.45, 7) is 1.01. The van der Waals surface area contributed by atoms with E-state index in [1.54, 1.807) is 6.92 Å². The van der Waals surface area contributed by atoms with E-state index in [1.165, 1.54) is 7.05 Å². The number of nitrogens with zero attached hydrogens (tertiary/aromatic N) is 2. The highest BCUT2D eigenvalue weighted by molar-refractivity contribution is 6.45. The Hall–Kier alpha value is -2.25. The number of hydrogen-bond acceptors (Lipinski definition) is 11. The molecular weight excluding hydrogens is 338 g/mol. The zero-order valence-corrected chi connectivity index (χ0v) is 13.8. The second-order valence-electron chi connectivity index (χ2n) is 5.06. The zero-order valence-electron chi connectivity index (χ0n) is 13.8. The van der Waals surface area contributed by atoms with Crippen molar-refractivity contribution >= 4 is 17.6 Å². The van der Waals surface area contributed by atoms with Crippen LogP contribution >= 0.6 is 0 Å². The molecule has 0 radical (unpaired) electrons. The van der Waals surface area contributed by atoms with Crippen molar-refractivity contribution in [2.24, 2.45) is 22.3 Å². The van der Waals surface area contributed by atoms with Crippen LogP contribution in [0.1, 0.15) is 6.92 Å². The minimum absolute atomic E-state index is 0.0465. The number of nitrogens with two attached hydrogens (primary N) is 3. The van der Waals surface area contributed by atoms with Crippen molar-refractivity contribution in [3.8, 4) is 0 Å². The molecule has 9 N–H and O–H groups in total. The average molecular weight is 361 g/mol. The highest BCUT2D eigenvalue weighted by Crippen LogP contribution is 2.22. The molecule has 1 aliphatic heterocycles. The van der Waals surface area contributed by atoms with E-state index in [0.717, 1.165) is 0 Å². The van der Waals surface area contributed by atoms with Crippen LogP contribution in [0.25, 0.3) is 0 Å². The maximum atomic E-state index is 12.4. The van der Waals surface area contributed by atoms with Gasteiger partial charge < -0.3 is 36.3 Å². The quantitative estimate of drug-likeness (QED) is 0.0672. The molecule has 0 bridgehead atoms. The summed E-state index contributed by atoms with van der Waals surface area (Å²) in [6.07, 6.45) is -5.61. The van der Waals surface area contributed by atoms with E-state index < -0.39 is 60.1 Å². The Morgan fingerprint density at radius 1 is 1.24 bits per heavy atom. The second kappa shape index (κ2) is 8.73. The molecule has 1 rings (SSSR count). The summed E-state index contributed by atoms with van der Waals surface area (Å²) in [7, 11) is 1.21. The number of hydrazine groups is 1. The van der Waals surface area contributed by atoms with Crippen LogP contribution in [0.15, 0.2) is 16.4 Å². The molecule has 0 saturated carbocycles. The highest BCUT2D eigenvalue weighted by atomic mass is 16.6. The van der Waals surface area contributed by atoms with Crippen molar-refractivity contribution in [1.82, 2.24) is 5.01 Å². The minimum Gasteiger partial charge on any atom is -0.461 e. The number of esters is 1. The van der Waals surface area contributed by atoms with Gasteiger partial charge in [0.05, 0.1) is 18.9 Å². The largest absolute Gasteiger partial charge is 0.461 e. The lowest BCUT2D eigenvalue weighted by Gasteiger charge is -2.26. The van der Waals surface area contributed by atoms with E-state index >= 15 is 0 Å². The Balaban J connectivity index is 3.03. The van der Waals surface area contributed by atoms with Crippen LogP contribution in [-0.2, 0) is 19.1 Å². The second-order valence-corrected chi connectivity index (χ2v) is 5.06. The summed E-state index contributed by atoms with van der Waals surface area (Å²) in [6, 6.07) is 0. The molecule has 1 amide bonds. The number of hydrogen-bond donors (Lipinski definition) is 6. The molecule has 12 nitrogen and oxygen atoms in total. The van der Waals surface area contributed by atoms with Gasteiger partial charge in [-0.1, -0.05) is 0 Å². The molecule has 1 heterocycles. The number of amides is 1.